The smallest absolute Gasteiger partial charge is 0.338 e. The molecule has 0 aromatic heterocycles. The molecule has 0 unspecified atom stereocenters. The van der Waals surface area contributed by atoms with E-state index in [0.717, 1.165) is 0 Å². The van der Waals surface area contributed by atoms with Crippen LogP contribution in [0.1, 0.15) is 22.8 Å². The molecule has 0 radical (unpaired) electrons. The van der Waals surface area contributed by atoms with Crippen molar-refractivity contribution in [3.05, 3.63) is 47.3 Å². The number of benzene rings is 1. The van der Waals surface area contributed by atoms with Crippen LogP contribution in [0.2, 0.25) is 0 Å². The fraction of sp³-hybridized carbons (Fsp3) is 0.182. The summed E-state index contributed by atoms with van der Waals surface area (Å²) in [6, 6.07) is 4.39. The van der Waals surface area contributed by atoms with E-state index in [1.165, 1.54) is 6.07 Å². The Balaban J connectivity index is 3.07. The van der Waals surface area contributed by atoms with Crippen LogP contribution in [-0.2, 0) is 6.42 Å². The first kappa shape index (κ1) is 10.4. The molecule has 1 aromatic rings. The lowest BCUT2D eigenvalue weighted by molar-refractivity contribution is 0.0691. The Morgan fingerprint density at radius 2 is 2.29 bits per heavy atom. The van der Waals surface area contributed by atoms with E-state index in [1.807, 2.05) is 6.92 Å². The van der Waals surface area contributed by atoms with Crippen molar-refractivity contribution in [3.63, 3.8) is 0 Å². The predicted molar refractivity (Wildman–Crippen MR) is 51.9 cm³/mol. The standard InChI is InChI=1S/C11H11FO2/c1-2-3-5-8-6-4-7-9(10(8)12)11(13)14/h2-4,6-7H,5H2,1H3,(H,13,14). The third-order valence-electron chi connectivity index (χ3n) is 1.88. The van der Waals surface area contributed by atoms with Gasteiger partial charge in [-0.05, 0) is 25.0 Å². The summed E-state index contributed by atoms with van der Waals surface area (Å²) in [4.78, 5) is 10.6. The summed E-state index contributed by atoms with van der Waals surface area (Å²) in [5.41, 5.74) is 0.134. The van der Waals surface area contributed by atoms with Crippen molar-refractivity contribution in [1.29, 1.82) is 0 Å². The second-order valence-electron chi connectivity index (χ2n) is 2.86. The first-order valence-electron chi connectivity index (χ1n) is 4.28. The van der Waals surface area contributed by atoms with E-state index in [1.54, 1.807) is 24.3 Å². The summed E-state index contributed by atoms with van der Waals surface area (Å²) in [6.07, 6.45) is 4.00. The zero-order chi connectivity index (χ0) is 10.6. The topological polar surface area (TPSA) is 37.3 Å². The first-order valence-corrected chi connectivity index (χ1v) is 4.28. The minimum Gasteiger partial charge on any atom is -0.478 e. The van der Waals surface area contributed by atoms with E-state index >= 15 is 0 Å². The van der Waals surface area contributed by atoms with Gasteiger partial charge in [-0.25, -0.2) is 9.18 Å². The summed E-state index contributed by atoms with van der Waals surface area (Å²) < 4.78 is 13.4. The van der Waals surface area contributed by atoms with Gasteiger partial charge < -0.3 is 5.11 Å². The van der Waals surface area contributed by atoms with Gasteiger partial charge in [0.05, 0.1) is 5.56 Å². The van der Waals surface area contributed by atoms with E-state index in [2.05, 4.69) is 0 Å². The highest BCUT2D eigenvalue weighted by Crippen LogP contribution is 2.13. The Kier molecular flexibility index (Phi) is 3.40. The average Bonchev–Trinajstić information content (AvgIpc) is 2.16. The van der Waals surface area contributed by atoms with E-state index < -0.39 is 11.8 Å². The van der Waals surface area contributed by atoms with Crippen molar-refractivity contribution < 1.29 is 14.3 Å². The number of carbonyl (C=O) groups is 1. The van der Waals surface area contributed by atoms with Crippen LogP contribution >= 0.6 is 0 Å². The molecule has 3 heteroatoms. The summed E-state index contributed by atoms with van der Waals surface area (Å²) in [5.74, 6) is -1.87. The molecule has 2 nitrogen and oxygen atoms in total. The van der Waals surface area contributed by atoms with Crippen molar-refractivity contribution in [3.8, 4) is 0 Å². The molecule has 1 rings (SSSR count). The molecule has 0 spiro atoms. The van der Waals surface area contributed by atoms with E-state index in [-0.39, 0.29) is 5.56 Å². The molecular weight excluding hydrogens is 183 g/mol. The summed E-state index contributed by atoms with van der Waals surface area (Å²) in [7, 11) is 0. The second-order valence-corrected chi connectivity index (χ2v) is 2.86. The second kappa shape index (κ2) is 4.56. The van der Waals surface area contributed by atoms with Gasteiger partial charge in [0.25, 0.3) is 0 Å². The van der Waals surface area contributed by atoms with E-state index in [4.69, 9.17) is 5.11 Å². The number of hydrogen-bond acceptors (Lipinski definition) is 1. The third-order valence-corrected chi connectivity index (χ3v) is 1.88. The zero-order valence-corrected chi connectivity index (χ0v) is 7.83. The monoisotopic (exact) mass is 194 g/mol. The predicted octanol–water partition coefficient (Wildman–Crippen LogP) is 2.64. The number of hydrogen-bond donors (Lipinski definition) is 1. The maximum atomic E-state index is 13.4. The number of aromatic carboxylic acids is 1. The molecule has 14 heavy (non-hydrogen) atoms. The Labute approximate surface area is 81.7 Å². The van der Waals surface area contributed by atoms with Gasteiger partial charge in [-0.2, -0.15) is 0 Å². The minimum absolute atomic E-state index is 0.271. The van der Waals surface area contributed by atoms with Gasteiger partial charge in [-0.15, -0.1) is 0 Å². The van der Waals surface area contributed by atoms with Crippen LogP contribution in [0.4, 0.5) is 4.39 Å². The highest BCUT2D eigenvalue weighted by Gasteiger charge is 2.12. The Morgan fingerprint density at radius 1 is 1.57 bits per heavy atom. The van der Waals surface area contributed by atoms with Crippen molar-refractivity contribution in [2.24, 2.45) is 0 Å². The molecule has 0 aliphatic carbocycles. The molecule has 74 valence electrons. The Bertz CT molecular complexity index is 370. The zero-order valence-electron chi connectivity index (χ0n) is 7.83. The number of carboxylic acid groups (broad SMARTS) is 1. The molecule has 0 bridgehead atoms. The summed E-state index contributed by atoms with van der Waals surface area (Å²) in [6.45, 7) is 1.83. The first-order chi connectivity index (χ1) is 6.66. The fourth-order valence-corrected chi connectivity index (χ4v) is 1.15. The van der Waals surface area contributed by atoms with Gasteiger partial charge in [-0.1, -0.05) is 24.3 Å². The number of carboxylic acids is 1. The van der Waals surface area contributed by atoms with Crippen molar-refractivity contribution in [1.82, 2.24) is 0 Å². The maximum Gasteiger partial charge on any atom is 0.338 e. The molecule has 0 saturated heterocycles. The largest absolute Gasteiger partial charge is 0.478 e. The molecule has 1 N–H and O–H groups in total. The Morgan fingerprint density at radius 3 is 2.86 bits per heavy atom. The van der Waals surface area contributed by atoms with E-state index in [9.17, 15) is 9.18 Å². The number of halogens is 1. The summed E-state index contributed by atoms with van der Waals surface area (Å²) >= 11 is 0. The van der Waals surface area contributed by atoms with Crippen LogP contribution in [-0.4, -0.2) is 11.1 Å². The molecule has 0 amide bonds. The molecular formula is C11H11FO2. The normalized spacial score (nSPS) is 10.7. The van der Waals surface area contributed by atoms with Gasteiger partial charge >= 0.3 is 5.97 Å². The lowest BCUT2D eigenvalue weighted by Gasteiger charge is -2.02. The summed E-state index contributed by atoms with van der Waals surface area (Å²) in [5, 5.41) is 8.66. The molecule has 0 saturated carbocycles. The quantitative estimate of drug-likeness (QED) is 0.751. The van der Waals surface area contributed by atoms with Crippen LogP contribution < -0.4 is 0 Å². The lowest BCUT2D eigenvalue weighted by Crippen LogP contribution is -2.02. The van der Waals surface area contributed by atoms with Gasteiger partial charge in [0.1, 0.15) is 5.82 Å². The van der Waals surface area contributed by atoms with Crippen LogP contribution in [0.15, 0.2) is 30.4 Å². The molecule has 0 atom stereocenters. The maximum absolute atomic E-state index is 13.4. The van der Waals surface area contributed by atoms with Crippen molar-refractivity contribution in [2.45, 2.75) is 13.3 Å². The molecule has 0 aliphatic heterocycles. The number of rotatable bonds is 3. The van der Waals surface area contributed by atoms with Crippen LogP contribution in [0, 0.1) is 5.82 Å². The van der Waals surface area contributed by atoms with Gasteiger partial charge in [0.2, 0.25) is 0 Å². The van der Waals surface area contributed by atoms with Gasteiger partial charge in [0, 0.05) is 0 Å². The van der Waals surface area contributed by atoms with Crippen LogP contribution in [0.3, 0.4) is 0 Å². The third kappa shape index (κ3) is 2.19. The molecule has 0 heterocycles. The minimum atomic E-state index is -1.23. The van der Waals surface area contributed by atoms with Crippen LogP contribution in [0.5, 0.6) is 0 Å². The highest BCUT2D eigenvalue weighted by atomic mass is 19.1. The lowest BCUT2D eigenvalue weighted by atomic mass is 10.1. The van der Waals surface area contributed by atoms with E-state index in [0.29, 0.717) is 12.0 Å². The van der Waals surface area contributed by atoms with Gasteiger partial charge in [-0.3, -0.25) is 0 Å². The molecule has 1 aromatic carbocycles. The Hall–Kier alpha value is -1.64. The van der Waals surface area contributed by atoms with Crippen LogP contribution in [0.25, 0.3) is 0 Å². The van der Waals surface area contributed by atoms with Gasteiger partial charge in [0.15, 0.2) is 0 Å². The molecule has 0 fully saturated rings. The average molecular weight is 194 g/mol. The number of allylic oxidation sites excluding steroid dienone is 2. The SMILES string of the molecule is CC=CCc1cccc(C(=O)O)c1F. The van der Waals surface area contributed by atoms with Crippen molar-refractivity contribution in [2.75, 3.05) is 0 Å². The fourth-order valence-electron chi connectivity index (χ4n) is 1.15. The molecule has 0 aliphatic rings. The van der Waals surface area contributed by atoms with Crippen molar-refractivity contribution >= 4 is 5.97 Å². The highest BCUT2D eigenvalue weighted by molar-refractivity contribution is 5.88.